The van der Waals surface area contributed by atoms with E-state index in [9.17, 15) is 4.79 Å². The van der Waals surface area contributed by atoms with E-state index in [0.29, 0.717) is 29.4 Å². The van der Waals surface area contributed by atoms with Gasteiger partial charge in [-0.25, -0.2) is 4.98 Å². The smallest absolute Gasteiger partial charge is 0.257 e. The van der Waals surface area contributed by atoms with Crippen LogP contribution in [0.1, 0.15) is 43.1 Å². The average molecular weight is 460 g/mol. The molecule has 5 rings (SSSR count). The zero-order chi connectivity index (χ0) is 23.2. The van der Waals surface area contributed by atoms with Gasteiger partial charge in [-0.3, -0.25) is 9.48 Å². The highest BCUT2D eigenvalue weighted by atomic mass is 35.5. The first-order valence-electron chi connectivity index (χ1n) is 11.1. The fourth-order valence-corrected chi connectivity index (χ4v) is 4.44. The summed E-state index contributed by atoms with van der Waals surface area (Å²) in [5.74, 6) is -0.0312. The van der Waals surface area contributed by atoms with E-state index in [2.05, 4.69) is 42.9 Å². The molecule has 1 N–H and O–H groups in total. The molecule has 4 heterocycles. The van der Waals surface area contributed by atoms with Gasteiger partial charge in [0.2, 0.25) is 0 Å². The summed E-state index contributed by atoms with van der Waals surface area (Å²) in [5.41, 5.74) is 4.98. The largest absolute Gasteiger partial charge is 0.346 e. The van der Waals surface area contributed by atoms with Crippen molar-refractivity contribution in [2.45, 2.75) is 32.7 Å². The Kier molecular flexibility index (Phi) is 5.33. The van der Waals surface area contributed by atoms with E-state index in [1.54, 1.807) is 6.20 Å². The molecule has 1 aromatic carbocycles. The zero-order valence-electron chi connectivity index (χ0n) is 19.0. The Balaban J connectivity index is 1.47. The number of amides is 1. The molecule has 7 heteroatoms. The summed E-state index contributed by atoms with van der Waals surface area (Å²) in [6.07, 6.45) is 8.56. The molecule has 3 aromatic heterocycles. The van der Waals surface area contributed by atoms with Gasteiger partial charge in [0.05, 0.1) is 16.1 Å². The topological polar surface area (TPSA) is 66.8 Å². The van der Waals surface area contributed by atoms with Crippen LogP contribution < -0.4 is 0 Å². The number of hydrogen-bond donors (Lipinski definition) is 1. The number of benzene rings is 1. The number of fused-ring (bicyclic) bond motifs is 1. The predicted molar refractivity (Wildman–Crippen MR) is 132 cm³/mol. The second kappa shape index (κ2) is 8.19. The quantitative estimate of drug-likeness (QED) is 0.423. The third-order valence-electron chi connectivity index (χ3n) is 6.05. The molecule has 0 bridgehead atoms. The lowest BCUT2D eigenvalue weighted by Gasteiger charge is -2.26. The number of pyridine rings is 1. The van der Waals surface area contributed by atoms with Gasteiger partial charge in [-0.2, -0.15) is 5.10 Å². The number of aromatic nitrogens is 4. The third-order valence-corrected chi connectivity index (χ3v) is 6.38. The maximum atomic E-state index is 13.6. The highest BCUT2D eigenvalue weighted by molar-refractivity contribution is 6.33. The van der Waals surface area contributed by atoms with E-state index in [1.807, 2.05) is 52.3 Å². The molecule has 1 amide bonds. The van der Waals surface area contributed by atoms with Gasteiger partial charge in [-0.15, -0.1) is 0 Å². The standard InChI is InChI=1S/C26H26ClN5O/c1-26(2,3)32-16-21(23(30-32)19-7-4-5-9-22(19)27)25(33)31-13-10-17(11-14-31)20-15-29-24-18(20)8-6-12-28-24/h4-10,12,15-16H,11,13-14H2,1-3H3,(H,28,29). The van der Waals surface area contributed by atoms with Crippen LogP contribution in [0.2, 0.25) is 5.02 Å². The van der Waals surface area contributed by atoms with Gasteiger partial charge in [0.25, 0.3) is 5.91 Å². The summed E-state index contributed by atoms with van der Waals surface area (Å²) in [6.45, 7) is 7.38. The predicted octanol–water partition coefficient (Wildman–Crippen LogP) is 5.76. The Labute approximate surface area is 197 Å². The van der Waals surface area contributed by atoms with Crippen molar-refractivity contribution in [2.24, 2.45) is 0 Å². The lowest BCUT2D eigenvalue weighted by atomic mass is 9.99. The molecule has 6 nitrogen and oxygen atoms in total. The SMILES string of the molecule is CC(C)(C)n1cc(C(=O)N2CC=C(c3c[nH]c4ncccc34)CC2)c(-c2ccccc2Cl)n1. The highest BCUT2D eigenvalue weighted by Gasteiger charge is 2.28. The maximum absolute atomic E-state index is 13.6. The van der Waals surface area contributed by atoms with E-state index in [1.165, 1.54) is 5.57 Å². The van der Waals surface area contributed by atoms with E-state index >= 15 is 0 Å². The summed E-state index contributed by atoms with van der Waals surface area (Å²) >= 11 is 6.48. The van der Waals surface area contributed by atoms with Gasteiger partial charge < -0.3 is 9.88 Å². The van der Waals surface area contributed by atoms with Gasteiger partial charge in [0, 0.05) is 48.2 Å². The molecule has 4 aromatic rings. The van der Waals surface area contributed by atoms with Crippen molar-refractivity contribution in [1.82, 2.24) is 24.6 Å². The average Bonchev–Trinajstić information content (AvgIpc) is 3.44. The van der Waals surface area contributed by atoms with Gasteiger partial charge >= 0.3 is 0 Å². The molecule has 0 radical (unpaired) electrons. The minimum Gasteiger partial charge on any atom is -0.346 e. The molecule has 0 spiro atoms. The lowest BCUT2D eigenvalue weighted by molar-refractivity contribution is 0.0773. The Morgan fingerprint density at radius 1 is 1.12 bits per heavy atom. The van der Waals surface area contributed by atoms with Crippen molar-refractivity contribution in [1.29, 1.82) is 0 Å². The van der Waals surface area contributed by atoms with E-state index in [0.717, 1.165) is 28.6 Å². The van der Waals surface area contributed by atoms with Crippen LogP contribution in [0.25, 0.3) is 27.9 Å². The van der Waals surface area contributed by atoms with Gasteiger partial charge in [0.15, 0.2) is 0 Å². The second-order valence-corrected chi connectivity index (χ2v) is 9.73. The summed E-state index contributed by atoms with van der Waals surface area (Å²) < 4.78 is 1.85. The maximum Gasteiger partial charge on any atom is 0.257 e. The summed E-state index contributed by atoms with van der Waals surface area (Å²) in [7, 11) is 0. The van der Waals surface area contributed by atoms with Gasteiger partial charge in [-0.05, 0) is 51.0 Å². The van der Waals surface area contributed by atoms with E-state index in [4.69, 9.17) is 16.7 Å². The summed E-state index contributed by atoms with van der Waals surface area (Å²) in [4.78, 5) is 23.1. The van der Waals surface area contributed by atoms with Crippen LogP contribution in [0.4, 0.5) is 0 Å². The number of nitrogens with one attached hydrogen (secondary N) is 1. The van der Waals surface area contributed by atoms with Crippen molar-refractivity contribution in [3.63, 3.8) is 0 Å². The molecule has 0 saturated carbocycles. The number of H-pyrrole nitrogens is 1. The summed E-state index contributed by atoms with van der Waals surface area (Å²) in [6, 6.07) is 11.6. The number of carbonyl (C=O) groups is 1. The van der Waals surface area contributed by atoms with Crippen LogP contribution in [0, 0.1) is 0 Å². The fraction of sp³-hybridized carbons (Fsp3) is 0.269. The van der Waals surface area contributed by atoms with Gasteiger partial charge in [0.1, 0.15) is 11.3 Å². The lowest BCUT2D eigenvalue weighted by Crippen LogP contribution is -2.34. The number of hydrogen-bond acceptors (Lipinski definition) is 3. The minimum absolute atomic E-state index is 0.0312. The molecule has 0 saturated heterocycles. The first-order valence-corrected chi connectivity index (χ1v) is 11.5. The van der Waals surface area contributed by atoms with Crippen molar-refractivity contribution >= 4 is 34.1 Å². The van der Waals surface area contributed by atoms with Crippen LogP contribution in [0.5, 0.6) is 0 Å². The van der Waals surface area contributed by atoms with E-state index in [-0.39, 0.29) is 11.4 Å². The van der Waals surface area contributed by atoms with E-state index < -0.39 is 0 Å². The van der Waals surface area contributed by atoms with Crippen molar-refractivity contribution in [2.75, 3.05) is 13.1 Å². The van der Waals surface area contributed by atoms with Gasteiger partial charge in [-0.1, -0.05) is 35.9 Å². The van der Waals surface area contributed by atoms with Crippen molar-refractivity contribution in [3.05, 3.63) is 77.2 Å². The zero-order valence-corrected chi connectivity index (χ0v) is 19.7. The van der Waals surface area contributed by atoms with Crippen LogP contribution in [-0.2, 0) is 5.54 Å². The monoisotopic (exact) mass is 459 g/mol. The van der Waals surface area contributed by atoms with Crippen LogP contribution in [-0.4, -0.2) is 43.6 Å². The normalized spacial score (nSPS) is 14.5. The molecule has 0 aliphatic carbocycles. The molecule has 0 unspecified atom stereocenters. The molecular weight excluding hydrogens is 434 g/mol. The number of halogens is 1. The van der Waals surface area contributed by atoms with Crippen molar-refractivity contribution in [3.8, 4) is 11.3 Å². The third kappa shape index (κ3) is 3.95. The Hall–Kier alpha value is -3.38. The summed E-state index contributed by atoms with van der Waals surface area (Å²) in [5, 5.41) is 6.47. The van der Waals surface area contributed by atoms with Crippen LogP contribution >= 0.6 is 11.6 Å². The molecule has 0 atom stereocenters. The fourth-order valence-electron chi connectivity index (χ4n) is 4.22. The Morgan fingerprint density at radius 3 is 2.67 bits per heavy atom. The molecule has 0 fully saturated rings. The first-order chi connectivity index (χ1) is 15.8. The number of nitrogens with zero attached hydrogens (tertiary/aromatic N) is 4. The molecule has 1 aliphatic rings. The van der Waals surface area contributed by atoms with Crippen LogP contribution in [0.3, 0.4) is 0 Å². The minimum atomic E-state index is -0.257. The number of rotatable bonds is 3. The molecule has 1 aliphatic heterocycles. The second-order valence-electron chi connectivity index (χ2n) is 9.32. The number of carbonyl (C=O) groups excluding carboxylic acids is 1. The molecule has 168 valence electrons. The Morgan fingerprint density at radius 2 is 1.94 bits per heavy atom. The Bertz CT molecular complexity index is 1370. The van der Waals surface area contributed by atoms with Crippen molar-refractivity contribution < 1.29 is 4.79 Å². The molecular formula is C26H26ClN5O. The highest BCUT2D eigenvalue weighted by Crippen LogP contribution is 2.33. The van der Waals surface area contributed by atoms with Crippen LogP contribution in [0.15, 0.2) is 61.1 Å². The first kappa shape index (κ1) is 21.5. The number of aromatic amines is 1. The molecule has 33 heavy (non-hydrogen) atoms.